The Balaban J connectivity index is 2.96. The van der Waals surface area contributed by atoms with Crippen molar-refractivity contribution in [1.29, 1.82) is 0 Å². The van der Waals surface area contributed by atoms with E-state index in [1.165, 1.54) is 0 Å². The van der Waals surface area contributed by atoms with Gasteiger partial charge in [0.2, 0.25) is 0 Å². The third-order valence-corrected chi connectivity index (χ3v) is 3.19. The van der Waals surface area contributed by atoms with E-state index in [4.69, 9.17) is 22.1 Å². The lowest BCUT2D eigenvalue weighted by Gasteiger charge is -2.35. The average Bonchev–Trinajstić information content (AvgIpc) is 2.27. The molecule has 4 heteroatoms. The van der Waals surface area contributed by atoms with E-state index in [9.17, 15) is 0 Å². The molecule has 0 aromatic heterocycles. The molecule has 1 aromatic carbocycles. The van der Waals surface area contributed by atoms with Gasteiger partial charge >= 0.3 is 0 Å². The third kappa shape index (κ3) is 4.16. The first-order valence-electron chi connectivity index (χ1n) is 6.16. The summed E-state index contributed by atoms with van der Waals surface area (Å²) in [6, 6.07) is 5.70. The van der Waals surface area contributed by atoms with Crippen molar-refractivity contribution in [3.8, 4) is 5.75 Å². The van der Waals surface area contributed by atoms with Gasteiger partial charge in [0.25, 0.3) is 0 Å². The number of hydrogen-bond donors (Lipinski definition) is 1. The first-order valence-corrected chi connectivity index (χ1v) is 6.54. The molecule has 1 aromatic rings. The SMILES string of the molecule is COc1ccc(Cl)cc1CN(CCN)C(C)(C)C. The van der Waals surface area contributed by atoms with Crippen molar-refractivity contribution in [2.75, 3.05) is 20.2 Å². The van der Waals surface area contributed by atoms with Crippen LogP contribution in [-0.4, -0.2) is 30.6 Å². The van der Waals surface area contributed by atoms with Crippen molar-refractivity contribution in [3.63, 3.8) is 0 Å². The predicted molar refractivity (Wildman–Crippen MR) is 77.2 cm³/mol. The van der Waals surface area contributed by atoms with Crippen LogP contribution in [0.4, 0.5) is 0 Å². The fourth-order valence-corrected chi connectivity index (χ4v) is 2.08. The molecule has 102 valence electrons. The fourth-order valence-electron chi connectivity index (χ4n) is 1.88. The number of nitrogens with two attached hydrogens (primary N) is 1. The summed E-state index contributed by atoms with van der Waals surface area (Å²) >= 11 is 6.05. The maximum Gasteiger partial charge on any atom is 0.123 e. The lowest BCUT2D eigenvalue weighted by molar-refractivity contribution is 0.131. The minimum absolute atomic E-state index is 0.0622. The number of nitrogens with zero attached hydrogens (tertiary/aromatic N) is 1. The Morgan fingerprint density at radius 3 is 2.50 bits per heavy atom. The highest BCUT2D eigenvalue weighted by atomic mass is 35.5. The van der Waals surface area contributed by atoms with Crippen LogP contribution in [0.5, 0.6) is 5.75 Å². The quantitative estimate of drug-likeness (QED) is 0.894. The van der Waals surface area contributed by atoms with Crippen LogP contribution in [0.3, 0.4) is 0 Å². The van der Waals surface area contributed by atoms with Gasteiger partial charge in [0, 0.05) is 35.8 Å². The second-order valence-electron chi connectivity index (χ2n) is 5.34. The van der Waals surface area contributed by atoms with Crippen LogP contribution in [0.1, 0.15) is 26.3 Å². The molecule has 0 unspecified atom stereocenters. The van der Waals surface area contributed by atoms with Crippen LogP contribution in [0.25, 0.3) is 0 Å². The van der Waals surface area contributed by atoms with Crippen LogP contribution in [0.2, 0.25) is 5.02 Å². The second kappa shape index (κ2) is 6.41. The molecule has 0 heterocycles. The van der Waals surface area contributed by atoms with E-state index in [1.54, 1.807) is 7.11 Å². The van der Waals surface area contributed by atoms with Crippen molar-refractivity contribution < 1.29 is 4.74 Å². The Morgan fingerprint density at radius 2 is 2.00 bits per heavy atom. The molecule has 18 heavy (non-hydrogen) atoms. The van der Waals surface area contributed by atoms with Gasteiger partial charge in [-0.15, -0.1) is 0 Å². The maximum atomic E-state index is 6.05. The molecular weight excluding hydrogens is 248 g/mol. The van der Waals surface area contributed by atoms with Gasteiger partial charge in [-0.25, -0.2) is 0 Å². The van der Waals surface area contributed by atoms with Gasteiger partial charge in [-0.3, -0.25) is 4.90 Å². The summed E-state index contributed by atoms with van der Waals surface area (Å²) < 4.78 is 5.38. The van der Waals surface area contributed by atoms with Crippen molar-refractivity contribution in [2.24, 2.45) is 5.73 Å². The zero-order chi connectivity index (χ0) is 13.8. The number of benzene rings is 1. The standard InChI is InChI=1S/C14H23ClN2O/c1-14(2,3)17(8-7-16)10-11-9-12(15)5-6-13(11)18-4/h5-6,9H,7-8,10,16H2,1-4H3. The van der Waals surface area contributed by atoms with E-state index in [1.807, 2.05) is 18.2 Å². The van der Waals surface area contributed by atoms with Crippen LogP contribution in [0, 0.1) is 0 Å². The van der Waals surface area contributed by atoms with E-state index in [0.717, 1.165) is 29.4 Å². The lowest BCUT2D eigenvalue weighted by atomic mass is 10.0. The zero-order valence-electron chi connectivity index (χ0n) is 11.7. The molecule has 0 fully saturated rings. The first kappa shape index (κ1) is 15.3. The molecule has 0 radical (unpaired) electrons. The van der Waals surface area contributed by atoms with Crippen molar-refractivity contribution in [3.05, 3.63) is 28.8 Å². The summed E-state index contributed by atoms with van der Waals surface area (Å²) in [5.41, 5.74) is 6.83. The Hall–Kier alpha value is -0.770. The van der Waals surface area contributed by atoms with E-state index in [0.29, 0.717) is 6.54 Å². The Kier molecular flexibility index (Phi) is 5.45. The Bertz CT molecular complexity index is 388. The van der Waals surface area contributed by atoms with Gasteiger partial charge in [-0.05, 0) is 39.0 Å². The smallest absolute Gasteiger partial charge is 0.123 e. The first-order chi connectivity index (χ1) is 8.38. The molecular formula is C14H23ClN2O. The number of halogens is 1. The number of rotatable bonds is 5. The molecule has 0 aliphatic carbocycles. The van der Waals surface area contributed by atoms with E-state index < -0.39 is 0 Å². The van der Waals surface area contributed by atoms with Crippen LogP contribution in [0.15, 0.2) is 18.2 Å². The zero-order valence-corrected chi connectivity index (χ0v) is 12.4. The molecule has 0 saturated carbocycles. The molecule has 0 saturated heterocycles. The monoisotopic (exact) mass is 270 g/mol. The second-order valence-corrected chi connectivity index (χ2v) is 5.77. The van der Waals surface area contributed by atoms with Crippen molar-refractivity contribution in [2.45, 2.75) is 32.9 Å². The van der Waals surface area contributed by atoms with E-state index in [2.05, 4.69) is 25.7 Å². The van der Waals surface area contributed by atoms with Crippen molar-refractivity contribution in [1.82, 2.24) is 4.90 Å². The predicted octanol–water partition coefficient (Wildman–Crippen LogP) is 2.91. The molecule has 0 aliphatic rings. The van der Waals surface area contributed by atoms with Crippen LogP contribution >= 0.6 is 11.6 Å². The topological polar surface area (TPSA) is 38.5 Å². The summed E-state index contributed by atoms with van der Waals surface area (Å²) in [4.78, 5) is 2.32. The highest BCUT2D eigenvalue weighted by Crippen LogP contribution is 2.26. The summed E-state index contributed by atoms with van der Waals surface area (Å²) in [6.07, 6.45) is 0. The fraction of sp³-hybridized carbons (Fsp3) is 0.571. The van der Waals surface area contributed by atoms with Gasteiger partial charge in [0.1, 0.15) is 5.75 Å². The molecule has 1 rings (SSSR count). The molecule has 0 aliphatic heterocycles. The van der Waals surface area contributed by atoms with Gasteiger partial charge < -0.3 is 10.5 Å². The minimum Gasteiger partial charge on any atom is -0.496 e. The maximum absolute atomic E-state index is 6.05. The minimum atomic E-state index is 0.0622. The molecule has 3 nitrogen and oxygen atoms in total. The summed E-state index contributed by atoms with van der Waals surface area (Å²) in [5.74, 6) is 0.866. The molecule has 0 spiro atoms. The summed E-state index contributed by atoms with van der Waals surface area (Å²) in [5, 5.41) is 0.729. The summed E-state index contributed by atoms with van der Waals surface area (Å²) in [7, 11) is 1.68. The number of hydrogen-bond acceptors (Lipinski definition) is 3. The Morgan fingerprint density at radius 1 is 1.33 bits per heavy atom. The lowest BCUT2D eigenvalue weighted by Crippen LogP contribution is -2.43. The number of methoxy groups -OCH3 is 1. The molecule has 0 amide bonds. The van der Waals surface area contributed by atoms with E-state index >= 15 is 0 Å². The van der Waals surface area contributed by atoms with Gasteiger partial charge in [0.15, 0.2) is 0 Å². The third-order valence-electron chi connectivity index (χ3n) is 2.95. The number of ether oxygens (including phenoxy) is 1. The van der Waals surface area contributed by atoms with Gasteiger partial charge in [-0.1, -0.05) is 11.6 Å². The highest BCUT2D eigenvalue weighted by molar-refractivity contribution is 6.30. The highest BCUT2D eigenvalue weighted by Gasteiger charge is 2.21. The van der Waals surface area contributed by atoms with Gasteiger partial charge in [0.05, 0.1) is 7.11 Å². The van der Waals surface area contributed by atoms with E-state index in [-0.39, 0.29) is 5.54 Å². The average molecular weight is 271 g/mol. The van der Waals surface area contributed by atoms with Gasteiger partial charge in [-0.2, -0.15) is 0 Å². The normalized spacial score (nSPS) is 11.9. The molecule has 0 bridgehead atoms. The van der Waals surface area contributed by atoms with Crippen LogP contribution < -0.4 is 10.5 Å². The molecule has 0 atom stereocenters. The van der Waals surface area contributed by atoms with Crippen molar-refractivity contribution >= 4 is 11.6 Å². The Labute approximate surface area is 115 Å². The largest absolute Gasteiger partial charge is 0.496 e. The summed E-state index contributed by atoms with van der Waals surface area (Å²) in [6.45, 7) is 8.81. The van der Waals surface area contributed by atoms with Crippen LogP contribution in [-0.2, 0) is 6.54 Å². The molecule has 2 N–H and O–H groups in total.